The molecule has 0 bridgehead atoms. The Kier molecular flexibility index (Phi) is 3.78. The summed E-state index contributed by atoms with van der Waals surface area (Å²) in [6.07, 6.45) is 3.78. The van der Waals surface area contributed by atoms with Crippen LogP contribution in [-0.4, -0.2) is 73.2 Å². The highest BCUT2D eigenvalue weighted by molar-refractivity contribution is 5.82. The van der Waals surface area contributed by atoms with Crippen LogP contribution in [0.4, 0.5) is 0 Å². The van der Waals surface area contributed by atoms with Gasteiger partial charge in [-0.05, 0) is 26.2 Å². The van der Waals surface area contributed by atoms with E-state index in [9.17, 15) is 4.79 Å². The van der Waals surface area contributed by atoms with Crippen LogP contribution < -0.4 is 5.32 Å². The van der Waals surface area contributed by atoms with Gasteiger partial charge in [-0.3, -0.25) is 9.69 Å². The Balaban J connectivity index is 1.56. The Hall–Kier alpha value is -0.650. The summed E-state index contributed by atoms with van der Waals surface area (Å²) in [5.41, 5.74) is 0. The van der Waals surface area contributed by atoms with E-state index < -0.39 is 0 Å². The molecule has 0 aromatic rings. The van der Waals surface area contributed by atoms with Gasteiger partial charge in [0.15, 0.2) is 0 Å². The van der Waals surface area contributed by atoms with Crippen LogP contribution in [0.1, 0.15) is 26.2 Å². The molecular weight excluding hydrogens is 242 g/mol. The first-order valence-electron chi connectivity index (χ1n) is 7.52. The lowest BCUT2D eigenvalue weighted by Gasteiger charge is -2.34. The Bertz CT molecular complexity index is 346. The van der Waals surface area contributed by atoms with Crippen LogP contribution >= 0.6 is 0 Å². The predicted octanol–water partition coefficient (Wildman–Crippen LogP) is 0.0584. The lowest BCUT2D eigenvalue weighted by Crippen LogP contribution is -2.57. The summed E-state index contributed by atoms with van der Waals surface area (Å²) in [4.78, 5) is 17.0. The van der Waals surface area contributed by atoms with Crippen LogP contribution in [0, 0.1) is 0 Å². The third-order valence-electron chi connectivity index (χ3n) is 4.74. The summed E-state index contributed by atoms with van der Waals surface area (Å²) in [5, 5.41) is 3.29. The molecule has 19 heavy (non-hydrogen) atoms. The largest absolute Gasteiger partial charge is 0.375 e. The molecule has 0 radical (unpaired) electrons. The molecule has 0 aromatic heterocycles. The van der Waals surface area contributed by atoms with E-state index in [0.717, 1.165) is 32.1 Å². The quantitative estimate of drug-likeness (QED) is 0.785. The van der Waals surface area contributed by atoms with Crippen LogP contribution in [0.5, 0.6) is 0 Å². The maximum absolute atomic E-state index is 12.6. The number of ether oxygens (including phenoxy) is 1. The molecule has 3 aliphatic rings. The number of hydrogen-bond donors (Lipinski definition) is 1. The van der Waals surface area contributed by atoms with Gasteiger partial charge >= 0.3 is 0 Å². The Morgan fingerprint density at radius 2 is 2.16 bits per heavy atom. The number of likely N-dealkylation sites (N-methyl/N-ethyl adjacent to an activating group) is 1. The van der Waals surface area contributed by atoms with Gasteiger partial charge in [-0.15, -0.1) is 0 Å². The number of likely N-dealkylation sites (tertiary alicyclic amines) is 1. The van der Waals surface area contributed by atoms with E-state index in [1.807, 2.05) is 18.9 Å². The molecule has 108 valence electrons. The number of carbonyl (C=O) groups excluding carboxylic acids is 1. The zero-order valence-electron chi connectivity index (χ0n) is 12.0. The van der Waals surface area contributed by atoms with Gasteiger partial charge in [-0.2, -0.15) is 0 Å². The smallest absolute Gasteiger partial charge is 0.242 e. The van der Waals surface area contributed by atoms with Gasteiger partial charge in [0.25, 0.3) is 0 Å². The zero-order chi connectivity index (χ0) is 13.4. The van der Waals surface area contributed by atoms with E-state index in [-0.39, 0.29) is 18.1 Å². The summed E-state index contributed by atoms with van der Waals surface area (Å²) < 4.78 is 5.57. The third-order valence-corrected chi connectivity index (χ3v) is 4.74. The number of hydrogen-bond acceptors (Lipinski definition) is 4. The van der Waals surface area contributed by atoms with Gasteiger partial charge in [0.2, 0.25) is 5.91 Å². The summed E-state index contributed by atoms with van der Waals surface area (Å²) in [6.45, 7) is 5.65. The average molecular weight is 267 g/mol. The van der Waals surface area contributed by atoms with Crippen molar-refractivity contribution in [3.05, 3.63) is 0 Å². The maximum atomic E-state index is 12.6. The van der Waals surface area contributed by atoms with Crippen LogP contribution in [0.2, 0.25) is 0 Å². The molecule has 1 amide bonds. The lowest BCUT2D eigenvalue weighted by molar-refractivity contribution is -0.140. The van der Waals surface area contributed by atoms with E-state index in [4.69, 9.17) is 4.74 Å². The van der Waals surface area contributed by atoms with E-state index >= 15 is 0 Å². The number of rotatable bonds is 3. The van der Waals surface area contributed by atoms with Gasteiger partial charge in [0, 0.05) is 38.8 Å². The van der Waals surface area contributed by atoms with Crippen LogP contribution in [-0.2, 0) is 9.53 Å². The molecule has 3 fully saturated rings. The minimum absolute atomic E-state index is 0.0235. The maximum Gasteiger partial charge on any atom is 0.242 e. The molecule has 3 atom stereocenters. The summed E-state index contributed by atoms with van der Waals surface area (Å²) in [6, 6.07) is 1.02. The summed E-state index contributed by atoms with van der Waals surface area (Å²) in [5.74, 6) is 0.190. The summed E-state index contributed by atoms with van der Waals surface area (Å²) in [7, 11) is 1.95. The van der Waals surface area contributed by atoms with Crippen molar-refractivity contribution in [2.75, 3.05) is 33.3 Å². The number of morpholine rings is 1. The molecule has 1 aliphatic carbocycles. The first-order valence-corrected chi connectivity index (χ1v) is 7.52. The number of carbonyl (C=O) groups is 1. The van der Waals surface area contributed by atoms with Crippen molar-refractivity contribution >= 4 is 5.91 Å². The number of nitrogens with one attached hydrogen (secondary N) is 1. The predicted molar refractivity (Wildman–Crippen MR) is 73.0 cm³/mol. The number of amides is 1. The molecular formula is C14H25N3O2. The van der Waals surface area contributed by atoms with Crippen LogP contribution in [0.3, 0.4) is 0 Å². The summed E-state index contributed by atoms with van der Waals surface area (Å²) >= 11 is 0. The minimum atomic E-state index is -0.172. The van der Waals surface area contributed by atoms with Gasteiger partial charge in [0.05, 0.1) is 12.7 Å². The highest BCUT2D eigenvalue weighted by Gasteiger charge is 2.39. The molecule has 2 aliphatic heterocycles. The topological polar surface area (TPSA) is 44.8 Å². The van der Waals surface area contributed by atoms with Crippen molar-refractivity contribution < 1.29 is 9.53 Å². The van der Waals surface area contributed by atoms with Crippen molar-refractivity contribution in [2.24, 2.45) is 0 Å². The van der Waals surface area contributed by atoms with E-state index in [2.05, 4.69) is 10.2 Å². The van der Waals surface area contributed by atoms with E-state index in [1.165, 1.54) is 12.8 Å². The van der Waals surface area contributed by atoms with Crippen molar-refractivity contribution in [1.82, 2.24) is 15.1 Å². The van der Waals surface area contributed by atoms with E-state index in [0.29, 0.717) is 12.6 Å². The molecule has 0 aromatic carbocycles. The highest BCUT2D eigenvalue weighted by Crippen LogP contribution is 2.31. The standard InChI is InChI=1S/C14H25N3O2/c1-10-13(15-6-8-19-10)14(18)16(2)12-5-7-17(9-12)11-3-4-11/h10-13,15H,3-9H2,1-2H3/t10-,12?,13+/m1/s1. The van der Waals surface area contributed by atoms with Crippen molar-refractivity contribution in [3.8, 4) is 0 Å². The van der Waals surface area contributed by atoms with Crippen LogP contribution in [0.15, 0.2) is 0 Å². The molecule has 1 saturated carbocycles. The minimum Gasteiger partial charge on any atom is -0.375 e. The molecule has 5 heteroatoms. The Morgan fingerprint density at radius 3 is 2.84 bits per heavy atom. The van der Waals surface area contributed by atoms with Gasteiger partial charge in [0.1, 0.15) is 6.04 Å². The van der Waals surface area contributed by atoms with Gasteiger partial charge in [-0.1, -0.05) is 0 Å². The first kappa shape index (κ1) is 13.3. The molecule has 3 rings (SSSR count). The number of nitrogens with zero attached hydrogens (tertiary/aromatic N) is 2. The van der Waals surface area contributed by atoms with Gasteiger partial charge < -0.3 is 15.0 Å². The SMILES string of the molecule is C[C@H]1OCCN[C@@H]1C(=O)N(C)C1CCN(C2CC2)C1. The highest BCUT2D eigenvalue weighted by atomic mass is 16.5. The van der Waals surface area contributed by atoms with E-state index in [1.54, 1.807) is 0 Å². The normalized spacial score (nSPS) is 36.4. The lowest BCUT2D eigenvalue weighted by atomic mass is 10.1. The fourth-order valence-electron chi connectivity index (χ4n) is 3.26. The third kappa shape index (κ3) is 2.78. The molecule has 2 heterocycles. The Labute approximate surface area is 115 Å². The molecule has 0 spiro atoms. The fourth-order valence-corrected chi connectivity index (χ4v) is 3.26. The fraction of sp³-hybridized carbons (Fsp3) is 0.929. The van der Waals surface area contributed by atoms with Crippen molar-refractivity contribution in [1.29, 1.82) is 0 Å². The molecule has 5 nitrogen and oxygen atoms in total. The van der Waals surface area contributed by atoms with Gasteiger partial charge in [-0.25, -0.2) is 0 Å². The van der Waals surface area contributed by atoms with Crippen LogP contribution in [0.25, 0.3) is 0 Å². The van der Waals surface area contributed by atoms with Crippen molar-refractivity contribution in [3.63, 3.8) is 0 Å². The first-order chi connectivity index (χ1) is 9.16. The average Bonchev–Trinajstić information content (AvgIpc) is 3.16. The monoisotopic (exact) mass is 267 g/mol. The molecule has 1 N–H and O–H groups in total. The second kappa shape index (κ2) is 5.38. The second-order valence-electron chi connectivity index (χ2n) is 6.13. The zero-order valence-corrected chi connectivity index (χ0v) is 12.0. The molecule has 2 saturated heterocycles. The second-order valence-corrected chi connectivity index (χ2v) is 6.13. The Morgan fingerprint density at radius 1 is 1.37 bits per heavy atom. The van der Waals surface area contributed by atoms with Crippen molar-refractivity contribution in [2.45, 2.75) is 50.4 Å². The molecule has 1 unspecified atom stereocenters.